The largest absolute Gasteiger partial charge is 0.383 e. The number of rotatable bonds is 1. The zero-order valence-corrected chi connectivity index (χ0v) is 9.19. The highest BCUT2D eigenvalue weighted by atomic mass is 16.2. The molecule has 4 N–H and O–H groups in total. The Balaban J connectivity index is 2.05. The topological polar surface area (TPSA) is 84.2 Å². The van der Waals surface area contributed by atoms with Crippen molar-refractivity contribution >= 4 is 17.5 Å². The van der Waals surface area contributed by atoms with Gasteiger partial charge >= 0.3 is 0 Å². The standard InChI is InChI=1S/C12H13N3O2/c13-10(16)9-5-12(11(17)15-9)6-14-8-4-2-1-3-7(8)12/h1-4,9,14H,5-6H2,(H2,13,16)(H,15,17). The number of para-hydroxylation sites is 1. The van der Waals surface area contributed by atoms with Crippen LogP contribution in [0, 0.1) is 0 Å². The van der Waals surface area contributed by atoms with E-state index in [2.05, 4.69) is 10.6 Å². The van der Waals surface area contributed by atoms with Crippen LogP contribution in [0.1, 0.15) is 12.0 Å². The molecule has 0 aromatic heterocycles. The number of amides is 2. The van der Waals surface area contributed by atoms with Gasteiger partial charge < -0.3 is 16.4 Å². The van der Waals surface area contributed by atoms with Crippen LogP contribution in [-0.2, 0) is 15.0 Å². The lowest BCUT2D eigenvalue weighted by Crippen LogP contribution is -2.39. The van der Waals surface area contributed by atoms with Crippen LogP contribution in [0.25, 0.3) is 0 Å². The second-order valence-electron chi connectivity index (χ2n) is 4.61. The Hall–Kier alpha value is -2.04. The molecule has 2 unspecified atom stereocenters. The lowest BCUT2D eigenvalue weighted by Gasteiger charge is -2.19. The van der Waals surface area contributed by atoms with Crippen molar-refractivity contribution in [3.63, 3.8) is 0 Å². The zero-order chi connectivity index (χ0) is 12.0. The Morgan fingerprint density at radius 3 is 2.88 bits per heavy atom. The van der Waals surface area contributed by atoms with Crippen LogP contribution in [0.5, 0.6) is 0 Å². The van der Waals surface area contributed by atoms with E-state index in [9.17, 15) is 9.59 Å². The molecule has 2 atom stereocenters. The molecule has 88 valence electrons. The number of nitrogens with two attached hydrogens (primary N) is 1. The lowest BCUT2D eigenvalue weighted by molar-refractivity contribution is -0.125. The number of primary amides is 1. The maximum Gasteiger partial charge on any atom is 0.240 e. The minimum atomic E-state index is -0.629. The van der Waals surface area contributed by atoms with Crippen molar-refractivity contribution < 1.29 is 9.59 Å². The summed E-state index contributed by atoms with van der Waals surface area (Å²) in [4.78, 5) is 23.3. The van der Waals surface area contributed by atoms with E-state index in [1.165, 1.54) is 0 Å². The van der Waals surface area contributed by atoms with E-state index in [-0.39, 0.29) is 5.91 Å². The van der Waals surface area contributed by atoms with Crippen molar-refractivity contribution in [2.75, 3.05) is 11.9 Å². The summed E-state index contributed by atoms with van der Waals surface area (Å²) < 4.78 is 0. The van der Waals surface area contributed by atoms with Crippen LogP contribution < -0.4 is 16.4 Å². The van der Waals surface area contributed by atoms with Gasteiger partial charge in [-0.3, -0.25) is 9.59 Å². The smallest absolute Gasteiger partial charge is 0.240 e. The second-order valence-corrected chi connectivity index (χ2v) is 4.61. The van der Waals surface area contributed by atoms with Gasteiger partial charge in [0, 0.05) is 12.2 Å². The molecular weight excluding hydrogens is 218 g/mol. The van der Waals surface area contributed by atoms with Gasteiger partial charge in [-0.2, -0.15) is 0 Å². The Kier molecular flexibility index (Phi) is 1.92. The fraction of sp³-hybridized carbons (Fsp3) is 0.333. The van der Waals surface area contributed by atoms with Crippen molar-refractivity contribution in [2.45, 2.75) is 17.9 Å². The average molecular weight is 231 g/mol. The van der Waals surface area contributed by atoms with Gasteiger partial charge in [0.25, 0.3) is 0 Å². The first kappa shape index (κ1) is 10.1. The summed E-state index contributed by atoms with van der Waals surface area (Å²) in [5, 5.41) is 5.88. The maximum atomic E-state index is 12.1. The number of benzene rings is 1. The number of carbonyl (C=O) groups is 2. The third-order valence-corrected chi connectivity index (χ3v) is 3.66. The molecule has 3 rings (SSSR count). The summed E-state index contributed by atoms with van der Waals surface area (Å²) in [5.74, 6) is -0.585. The summed E-state index contributed by atoms with van der Waals surface area (Å²) in [5.41, 5.74) is 6.55. The number of carbonyl (C=O) groups excluding carboxylic acids is 2. The van der Waals surface area contributed by atoms with E-state index in [4.69, 9.17) is 5.73 Å². The minimum absolute atomic E-state index is 0.112. The van der Waals surface area contributed by atoms with E-state index in [1.54, 1.807) is 0 Å². The molecule has 5 heteroatoms. The van der Waals surface area contributed by atoms with E-state index in [0.29, 0.717) is 13.0 Å². The Morgan fingerprint density at radius 1 is 1.41 bits per heavy atom. The van der Waals surface area contributed by atoms with Crippen LogP contribution in [0.4, 0.5) is 5.69 Å². The molecule has 2 heterocycles. The molecule has 0 saturated carbocycles. The van der Waals surface area contributed by atoms with Gasteiger partial charge in [-0.15, -0.1) is 0 Å². The fourth-order valence-corrected chi connectivity index (χ4v) is 2.74. The molecule has 1 fully saturated rings. The van der Waals surface area contributed by atoms with Gasteiger partial charge in [0.1, 0.15) is 6.04 Å². The van der Waals surface area contributed by atoms with Crippen molar-refractivity contribution in [2.24, 2.45) is 5.73 Å². The number of hydrogen-bond donors (Lipinski definition) is 3. The van der Waals surface area contributed by atoms with Gasteiger partial charge in [0.15, 0.2) is 0 Å². The monoisotopic (exact) mass is 231 g/mol. The van der Waals surface area contributed by atoms with E-state index in [0.717, 1.165) is 11.3 Å². The fourth-order valence-electron chi connectivity index (χ4n) is 2.74. The van der Waals surface area contributed by atoms with Crippen LogP contribution in [0.2, 0.25) is 0 Å². The SMILES string of the molecule is NC(=O)C1CC2(CNc3ccccc32)C(=O)N1. The molecule has 2 aliphatic heterocycles. The van der Waals surface area contributed by atoms with Gasteiger partial charge in [0.2, 0.25) is 11.8 Å². The molecule has 1 aromatic rings. The molecule has 0 aliphatic carbocycles. The lowest BCUT2D eigenvalue weighted by atomic mass is 9.79. The molecular formula is C12H13N3O2. The molecule has 2 amide bonds. The van der Waals surface area contributed by atoms with Gasteiger partial charge in [-0.1, -0.05) is 18.2 Å². The van der Waals surface area contributed by atoms with E-state index >= 15 is 0 Å². The van der Waals surface area contributed by atoms with Gasteiger partial charge in [0.05, 0.1) is 5.41 Å². The third kappa shape index (κ3) is 1.25. The van der Waals surface area contributed by atoms with Crippen LogP contribution >= 0.6 is 0 Å². The maximum absolute atomic E-state index is 12.1. The molecule has 0 bridgehead atoms. The normalized spacial score (nSPS) is 29.9. The molecule has 1 aromatic carbocycles. The molecule has 17 heavy (non-hydrogen) atoms. The molecule has 2 aliphatic rings. The van der Waals surface area contributed by atoms with E-state index in [1.807, 2.05) is 24.3 Å². The second kappa shape index (κ2) is 3.23. The number of fused-ring (bicyclic) bond motifs is 2. The van der Waals surface area contributed by atoms with Gasteiger partial charge in [-0.05, 0) is 18.1 Å². The van der Waals surface area contributed by atoms with Crippen LogP contribution in [0.3, 0.4) is 0 Å². The molecule has 1 saturated heterocycles. The number of hydrogen-bond acceptors (Lipinski definition) is 3. The van der Waals surface area contributed by atoms with Gasteiger partial charge in [-0.25, -0.2) is 0 Å². The third-order valence-electron chi connectivity index (χ3n) is 3.66. The van der Waals surface area contributed by atoms with Crippen molar-refractivity contribution in [1.29, 1.82) is 0 Å². The Labute approximate surface area is 98.4 Å². The highest BCUT2D eigenvalue weighted by molar-refractivity contribution is 5.99. The first-order chi connectivity index (χ1) is 8.13. The summed E-state index contributed by atoms with van der Waals surface area (Å²) in [6.07, 6.45) is 0.436. The first-order valence-corrected chi connectivity index (χ1v) is 5.57. The number of anilines is 1. The first-order valence-electron chi connectivity index (χ1n) is 5.57. The quantitative estimate of drug-likeness (QED) is 0.621. The van der Waals surface area contributed by atoms with Crippen LogP contribution in [-0.4, -0.2) is 24.4 Å². The molecule has 0 radical (unpaired) electrons. The summed E-state index contributed by atoms with van der Waals surface area (Å²) in [6, 6.07) is 7.13. The zero-order valence-electron chi connectivity index (χ0n) is 9.19. The van der Waals surface area contributed by atoms with Crippen molar-refractivity contribution in [3.8, 4) is 0 Å². The van der Waals surface area contributed by atoms with Crippen molar-refractivity contribution in [3.05, 3.63) is 29.8 Å². The predicted octanol–water partition coefficient (Wildman–Crippen LogP) is -0.276. The minimum Gasteiger partial charge on any atom is -0.383 e. The van der Waals surface area contributed by atoms with Crippen LogP contribution in [0.15, 0.2) is 24.3 Å². The predicted molar refractivity (Wildman–Crippen MR) is 62.4 cm³/mol. The average Bonchev–Trinajstić information content (AvgIpc) is 2.84. The summed E-state index contributed by atoms with van der Waals surface area (Å²) in [7, 11) is 0. The van der Waals surface area contributed by atoms with Crippen molar-refractivity contribution in [1.82, 2.24) is 5.32 Å². The Morgan fingerprint density at radius 2 is 2.18 bits per heavy atom. The summed E-state index contributed by atoms with van der Waals surface area (Å²) >= 11 is 0. The molecule has 5 nitrogen and oxygen atoms in total. The number of nitrogens with one attached hydrogen (secondary N) is 2. The summed E-state index contributed by atoms with van der Waals surface area (Å²) in [6.45, 7) is 0.530. The Bertz CT molecular complexity index is 514. The highest BCUT2D eigenvalue weighted by Gasteiger charge is 2.53. The highest BCUT2D eigenvalue weighted by Crippen LogP contribution is 2.42. The molecule has 1 spiro atoms. The van der Waals surface area contributed by atoms with E-state index < -0.39 is 17.4 Å².